The van der Waals surface area contributed by atoms with E-state index in [4.69, 9.17) is 18.6 Å². The van der Waals surface area contributed by atoms with Crippen LogP contribution in [0, 0.1) is 0 Å². The van der Waals surface area contributed by atoms with Gasteiger partial charge in [-0.15, -0.1) is 0 Å². The van der Waals surface area contributed by atoms with E-state index in [1.165, 1.54) is 6.07 Å². The molecule has 0 aliphatic carbocycles. The van der Waals surface area contributed by atoms with E-state index in [1.807, 2.05) is 36.4 Å². The molecule has 2 heterocycles. The van der Waals surface area contributed by atoms with E-state index in [2.05, 4.69) is 0 Å². The number of benzene rings is 2. The second-order valence-corrected chi connectivity index (χ2v) is 6.57. The van der Waals surface area contributed by atoms with Crippen molar-refractivity contribution in [2.24, 2.45) is 0 Å². The van der Waals surface area contributed by atoms with E-state index in [0.29, 0.717) is 17.7 Å². The molecule has 0 bridgehead atoms. The molecule has 1 fully saturated rings. The molecule has 28 heavy (non-hydrogen) atoms. The summed E-state index contributed by atoms with van der Waals surface area (Å²) >= 11 is 0. The first-order valence-corrected chi connectivity index (χ1v) is 9.39. The molecule has 1 saturated heterocycles. The molecule has 4 rings (SSSR count). The van der Waals surface area contributed by atoms with E-state index >= 15 is 0 Å². The summed E-state index contributed by atoms with van der Waals surface area (Å²) in [5, 5.41) is 0.691. The van der Waals surface area contributed by atoms with Crippen LogP contribution < -0.4 is 15.1 Å². The molecule has 146 valence electrons. The molecule has 3 aromatic rings. The van der Waals surface area contributed by atoms with Gasteiger partial charge in [0.25, 0.3) is 0 Å². The average molecular weight is 384 g/mol. The predicted octanol–water partition coefficient (Wildman–Crippen LogP) is 4.71. The van der Waals surface area contributed by atoms with E-state index < -0.39 is 18.6 Å². The fraction of sp³-hybridized carbons (Fsp3) is 0.318. The van der Waals surface area contributed by atoms with Crippen LogP contribution in [0.3, 0.4) is 0 Å². The summed E-state index contributed by atoms with van der Waals surface area (Å²) in [6.45, 7) is -0.204. The highest BCUT2D eigenvalue weighted by molar-refractivity contribution is 5.97. The summed E-state index contributed by atoms with van der Waals surface area (Å²) in [5.74, 6) is 0.598. The standard InChI is InChI=1S/C22H21FO5/c23-11-13-26-22-18(27-20-8-4-5-12-25-20)10-9-16-17(14-19(24)28-21(16)22)15-6-2-1-3-7-15/h1-3,6-7,9-10,14,20H,4-5,8,11-13H2. The van der Waals surface area contributed by atoms with Crippen molar-refractivity contribution in [2.45, 2.75) is 25.6 Å². The van der Waals surface area contributed by atoms with Crippen LogP contribution in [0.25, 0.3) is 22.1 Å². The minimum absolute atomic E-state index is 0.166. The van der Waals surface area contributed by atoms with Crippen molar-refractivity contribution in [1.29, 1.82) is 0 Å². The molecule has 1 aromatic heterocycles. The number of rotatable bonds is 6. The molecule has 5 nitrogen and oxygen atoms in total. The number of hydrogen-bond donors (Lipinski definition) is 0. The quantitative estimate of drug-likeness (QED) is 0.576. The second kappa shape index (κ2) is 8.44. The SMILES string of the molecule is O=c1cc(-c2ccccc2)c2ccc(OC3CCCCO3)c(OCCF)c2o1. The van der Waals surface area contributed by atoms with E-state index in [1.54, 1.807) is 6.07 Å². The maximum Gasteiger partial charge on any atom is 0.336 e. The van der Waals surface area contributed by atoms with Crippen molar-refractivity contribution >= 4 is 11.0 Å². The van der Waals surface area contributed by atoms with Crippen molar-refractivity contribution < 1.29 is 23.0 Å². The Morgan fingerprint density at radius 1 is 1.11 bits per heavy atom. The maximum absolute atomic E-state index is 12.8. The predicted molar refractivity (Wildman–Crippen MR) is 104 cm³/mol. The molecule has 0 spiro atoms. The van der Waals surface area contributed by atoms with Crippen molar-refractivity contribution in [3.63, 3.8) is 0 Å². The molecule has 6 heteroatoms. The highest BCUT2D eigenvalue weighted by atomic mass is 19.1. The van der Waals surface area contributed by atoms with Crippen LogP contribution in [-0.4, -0.2) is 26.2 Å². The zero-order valence-corrected chi connectivity index (χ0v) is 15.4. The molecular formula is C22H21FO5. The monoisotopic (exact) mass is 384 g/mol. The minimum Gasteiger partial charge on any atom is -0.484 e. The van der Waals surface area contributed by atoms with Crippen molar-refractivity contribution in [3.8, 4) is 22.6 Å². The molecule has 0 radical (unpaired) electrons. The van der Waals surface area contributed by atoms with E-state index in [0.717, 1.165) is 30.4 Å². The first kappa shape index (κ1) is 18.5. The zero-order chi connectivity index (χ0) is 19.3. The van der Waals surface area contributed by atoms with Crippen LogP contribution in [0.1, 0.15) is 19.3 Å². The average Bonchev–Trinajstić information content (AvgIpc) is 2.73. The normalized spacial score (nSPS) is 16.8. The first-order chi connectivity index (χ1) is 13.8. The van der Waals surface area contributed by atoms with Gasteiger partial charge in [0.05, 0.1) is 6.61 Å². The highest BCUT2D eigenvalue weighted by Gasteiger charge is 2.21. The Bertz CT molecular complexity index is 993. The van der Waals surface area contributed by atoms with Gasteiger partial charge in [-0.05, 0) is 36.1 Å². The lowest BCUT2D eigenvalue weighted by Crippen LogP contribution is -2.25. The molecule has 0 saturated carbocycles. The molecule has 1 unspecified atom stereocenters. The molecule has 2 aromatic carbocycles. The summed E-state index contributed by atoms with van der Waals surface area (Å²) in [5.41, 5.74) is 1.33. The number of ether oxygens (including phenoxy) is 3. The van der Waals surface area contributed by atoms with Gasteiger partial charge in [0.15, 0.2) is 17.6 Å². The zero-order valence-electron chi connectivity index (χ0n) is 15.4. The van der Waals surface area contributed by atoms with E-state index in [9.17, 15) is 9.18 Å². The van der Waals surface area contributed by atoms with Crippen LogP contribution in [0.15, 0.2) is 57.7 Å². The second-order valence-electron chi connectivity index (χ2n) is 6.57. The van der Waals surface area contributed by atoms with Gasteiger partial charge >= 0.3 is 5.63 Å². The Balaban J connectivity index is 1.84. The molecule has 1 atom stereocenters. The summed E-state index contributed by atoms with van der Waals surface area (Å²) in [6, 6.07) is 14.5. The molecular weight excluding hydrogens is 363 g/mol. The van der Waals surface area contributed by atoms with Gasteiger partial charge in [0, 0.05) is 17.9 Å². The largest absolute Gasteiger partial charge is 0.484 e. The van der Waals surface area contributed by atoms with Crippen molar-refractivity contribution in [3.05, 3.63) is 59.0 Å². The van der Waals surface area contributed by atoms with Crippen LogP contribution in [0.4, 0.5) is 4.39 Å². The van der Waals surface area contributed by atoms with Gasteiger partial charge < -0.3 is 18.6 Å². The van der Waals surface area contributed by atoms with Gasteiger partial charge in [-0.2, -0.15) is 0 Å². The van der Waals surface area contributed by atoms with Gasteiger partial charge in [-0.3, -0.25) is 0 Å². The Labute approximate surface area is 161 Å². The lowest BCUT2D eigenvalue weighted by atomic mass is 10.0. The summed E-state index contributed by atoms with van der Waals surface area (Å²) < 4.78 is 35.4. The molecule has 1 aliphatic rings. The van der Waals surface area contributed by atoms with Crippen LogP contribution >= 0.6 is 0 Å². The van der Waals surface area contributed by atoms with Crippen molar-refractivity contribution in [1.82, 2.24) is 0 Å². The molecule has 0 N–H and O–H groups in total. The fourth-order valence-corrected chi connectivity index (χ4v) is 3.36. The number of halogens is 1. The summed E-state index contributed by atoms with van der Waals surface area (Å²) in [6.07, 6.45) is 2.36. The van der Waals surface area contributed by atoms with Crippen LogP contribution in [-0.2, 0) is 4.74 Å². The van der Waals surface area contributed by atoms with Gasteiger partial charge in [-0.25, -0.2) is 9.18 Å². The maximum atomic E-state index is 12.8. The van der Waals surface area contributed by atoms with Crippen LogP contribution in [0.2, 0.25) is 0 Å². The Hall–Kier alpha value is -2.86. The summed E-state index contributed by atoms with van der Waals surface area (Å²) in [7, 11) is 0. The van der Waals surface area contributed by atoms with Crippen molar-refractivity contribution in [2.75, 3.05) is 19.9 Å². The van der Waals surface area contributed by atoms with Gasteiger partial charge in [0.1, 0.15) is 13.3 Å². The smallest absolute Gasteiger partial charge is 0.336 e. The lowest BCUT2D eigenvalue weighted by Gasteiger charge is -2.24. The third-order valence-electron chi connectivity index (χ3n) is 4.64. The minimum atomic E-state index is -0.668. The Kier molecular flexibility index (Phi) is 5.58. The van der Waals surface area contributed by atoms with Gasteiger partial charge in [-0.1, -0.05) is 30.3 Å². The Morgan fingerprint density at radius 3 is 2.71 bits per heavy atom. The number of hydrogen-bond acceptors (Lipinski definition) is 5. The lowest BCUT2D eigenvalue weighted by molar-refractivity contribution is -0.106. The number of fused-ring (bicyclic) bond motifs is 1. The summed E-state index contributed by atoms with van der Waals surface area (Å²) in [4.78, 5) is 12.2. The Morgan fingerprint density at radius 2 is 1.96 bits per heavy atom. The topological polar surface area (TPSA) is 57.9 Å². The highest BCUT2D eigenvalue weighted by Crippen LogP contribution is 2.40. The third-order valence-corrected chi connectivity index (χ3v) is 4.64. The molecule has 1 aliphatic heterocycles. The fourth-order valence-electron chi connectivity index (χ4n) is 3.36. The van der Waals surface area contributed by atoms with Crippen LogP contribution in [0.5, 0.6) is 11.5 Å². The van der Waals surface area contributed by atoms with Gasteiger partial charge in [0.2, 0.25) is 5.75 Å². The molecule has 0 amide bonds. The first-order valence-electron chi connectivity index (χ1n) is 9.39. The third kappa shape index (κ3) is 3.87. The number of alkyl halides is 1. The van der Waals surface area contributed by atoms with E-state index in [-0.39, 0.29) is 17.9 Å².